The normalized spacial score (nSPS) is 11.5. The standard InChI is InChI=1S/C23H22BrN5OS/c1-3-15-29-21(18-10-12-19(24)13-11-18)26-27-23(29)31-17(2)22(30)28(16-7-14-25)20-8-5-4-6-9-20/h3-6,8-13,17H,1,7,15-16H2,2H3. The number of thioether (sulfide) groups is 1. The van der Waals surface area contributed by atoms with E-state index in [1.54, 1.807) is 11.0 Å². The molecule has 0 aliphatic carbocycles. The first-order valence-electron chi connectivity index (χ1n) is 9.75. The molecule has 1 atom stereocenters. The third-order valence-corrected chi connectivity index (χ3v) is 6.14. The molecule has 158 valence electrons. The van der Waals surface area contributed by atoms with Gasteiger partial charge >= 0.3 is 0 Å². The summed E-state index contributed by atoms with van der Waals surface area (Å²) in [4.78, 5) is 14.9. The molecule has 0 aliphatic heterocycles. The summed E-state index contributed by atoms with van der Waals surface area (Å²) < 4.78 is 2.94. The Labute approximate surface area is 194 Å². The van der Waals surface area contributed by atoms with Crippen LogP contribution in [0.2, 0.25) is 0 Å². The van der Waals surface area contributed by atoms with E-state index in [0.717, 1.165) is 21.5 Å². The molecule has 0 fully saturated rings. The molecule has 1 aromatic heterocycles. The smallest absolute Gasteiger partial charge is 0.240 e. The van der Waals surface area contributed by atoms with Crippen LogP contribution in [0.1, 0.15) is 13.3 Å². The molecule has 1 heterocycles. The van der Waals surface area contributed by atoms with Crippen molar-refractivity contribution in [2.45, 2.75) is 30.3 Å². The van der Waals surface area contributed by atoms with Crippen molar-refractivity contribution < 1.29 is 4.79 Å². The molecule has 8 heteroatoms. The number of nitriles is 1. The SMILES string of the molecule is C=CCn1c(SC(C)C(=O)N(CCC#N)c2ccccc2)nnc1-c1ccc(Br)cc1. The molecule has 31 heavy (non-hydrogen) atoms. The molecule has 0 bridgehead atoms. The topological polar surface area (TPSA) is 74.8 Å². The molecule has 0 spiro atoms. The van der Waals surface area contributed by atoms with Gasteiger partial charge in [-0.25, -0.2) is 0 Å². The minimum Gasteiger partial charge on any atom is -0.310 e. The van der Waals surface area contributed by atoms with Crippen LogP contribution in [0.5, 0.6) is 0 Å². The molecule has 1 unspecified atom stereocenters. The molecule has 6 nitrogen and oxygen atoms in total. The van der Waals surface area contributed by atoms with E-state index < -0.39 is 5.25 Å². The predicted octanol–water partition coefficient (Wildman–Crippen LogP) is 5.32. The van der Waals surface area contributed by atoms with Crippen LogP contribution >= 0.6 is 27.7 Å². The average Bonchev–Trinajstić information content (AvgIpc) is 3.17. The van der Waals surface area contributed by atoms with Crippen molar-refractivity contribution in [3.8, 4) is 17.5 Å². The molecule has 0 saturated heterocycles. The number of amides is 1. The maximum atomic E-state index is 13.3. The van der Waals surface area contributed by atoms with E-state index in [9.17, 15) is 4.79 Å². The van der Waals surface area contributed by atoms with E-state index in [1.807, 2.05) is 66.1 Å². The van der Waals surface area contributed by atoms with Crippen LogP contribution < -0.4 is 4.90 Å². The Bertz CT molecular complexity index is 1080. The number of aromatic nitrogens is 3. The molecule has 3 aromatic rings. The average molecular weight is 496 g/mol. The van der Waals surface area contributed by atoms with Gasteiger partial charge in [0.2, 0.25) is 5.91 Å². The van der Waals surface area contributed by atoms with Crippen LogP contribution in [0, 0.1) is 11.3 Å². The zero-order chi connectivity index (χ0) is 22.2. The van der Waals surface area contributed by atoms with Crippen molar-refractivity contribution in [3.63, 3.8) is 0 Å². The van der Waals surface area contributed by atoms with Gasteiger partial charge in [-0.1, -0.05) is 64.1 Å². The van der Waals surface area contributed by atoms with Crippen molar-refractivity contribution in [2.75, 3.05) is 11.4 Å². The molecule has 3 rings (SSSR count). The van der Waals surface area contributed by atoms with Crippen LogP contribution in [0.4, 0.5) is 5.69 Å². The summed E-state index contributed by atoms with van der Waals surface area (Å²) in [5, 5.41) is 18.0. The second-order valence-electron chi connectivity index (χ2n) is 6.71. The number of allylic oxidation sites excluding steroid dienone is 1. The van der Waals surface area contributed by atoms with Gasteiger partial charge in [0.05, 0.1) is 17.7 Å². The maximum absolute atomic E-state index is 13.3. The van der Waals surface area contributed by atoms with Crippen LogP contribution in [-0.2, 0) is 11.3 Å². The number of anilines is 1. The van der Waals surface area contributed by atoms with Gasteiger partial charge in [-0.2, -0.15) is 5.26 Å². The van der Waals surface area contributed by atoms with Gasteiger partial charge in [-0.05, 0) is 31.2 Å². The first-order chi connectivity index (χ1) is 15.0. The second kappa shape index (κ2) is 10.9. The number of nitrogens with zero attached hydrogens (tertiary/aromatic N) is 5. The van der Waals surface area contributed by atoms with Crippen LogP contribution in [0.15, 0.2) is 76.9 Å². The lowest BCUT2D eigenvalue weighted by Gasteiger charge is -2.24. The van der Waals surface area contributed by atoms with E-state index >= 15 is 0 Å². The highest BCUT2D eigenvalue weighted by Gasteiger charge is 2.25. The summed E-state index contributed by atoms with van der Waals surface area (Å²) >= 11 is 4.80. The first-order valence-corrected chi connectivity index (χ1v) is 11.4. The van der Waals surface area contributed by atoms with Gasteiger partial charge in [-0.15, -0.1) is 16.8 Å². The highest BCUT2D eigenvalue weighted by molar-refractivity contribution is 9.10. The van der Waals surface area contributed by atoms with Gasteiger partial charge in [0.15, 0.2) is 11.0 Å². The van der Waals surface area contributed by atoms with Crippen molar-refractivity contribution >= 4 is 39.3 Å². The Morgan fingerprint density at radius 1 is 1.26 bits per heavy atom. The molecule has 2 aromatic carbocycles. The zero-order valence-electron chi connectivity index (χ0n) is 17.1. The second-order valence-corrected chi connectivity index (χ2v) is 8.93. The Morgan fingerprint density at radius 3 is 2.61 bits per heavy atom. The Morgan fingerprint density at radius 2 is 1.97 bits per heavy atom. The van der Waals surface area contributed by atoms with E-state index in [0.29, 0.717) is 18.2 Å². The van der Waals surface area contributed by atoms with Gasteiger partial charge in [0.1, 0.15) is 0 Å². The number of carbonyl (C=O) groups is 1. The van der Waals surface area contributed by atoms with Crippen LogP contribution in [0.25, 0.3) is 11.4 Å². The van der Waals surface area contributed by atoms with Crippen LogP contribution in [0.3, 0.4) is 0 Å². The largest absolute Gasteiger partial charge is 0.310 e. The van der Waals surface area contributed by atoms with Crippen LogP contribution in [-0.4, -0.2) is 32.5 Å². The number of hydrogen-bond donors (Lipinski definition) is 0. The number of para-hydroxylation sites is 1. The lowest BCUT2D eigenvalue weighted by Crippen LogP contribution is -2.37. The Kier molecular flexibility index (Phi) is 8.04. The lowest BCUT2D eigenvalue weighted by atomic mass is 10.2. The fraction of sp³-hybridized carbons (Fsp3) is 0.217. The summed E-state index contributed by atoms with van der Waals surface area (Å²) in [6.45, 7) is 6.56. The molecular formula is C23H22BrN5OS. The van der Waals surface area contributed by atoms with Gasteiger partial charge in [-0.3, -0.25) is 9.36 Å². The van der Waals surface area contributed by atoms with Crippen molar-refractivity contribution in [1.29, 1.82) is 5.26 Å². The third kappa shape index (κ3) is 5.63. The summed E-state index contributed by atoms with van der Waals surface area (Å²) in [7, 11) is 0. The molecule has 1 amide bonds. The highest BCUT2D eigenvalue weighted by atomic mass is 79.9. The van der Waals surface area contributed by atoms with E-state index in [4.69, 9.17) is 5.26 Å². The van der Waals surface area contributed by atoms with Crippen molar-refractivity contribution in [1.82, 2.24) is 14.8 Å². The number of rotatable bonds is 9. The first kappa shape index (κ1) is 22.8. The van der Waals surface area contributed by atoms with Gasteiger partial charge in [0.25, 0.3) is 0 Å². The number of halogens is 1. The van der Waals surface area contributed by atoms with E-state index in [1.165, 1.54) is 11.8 Å². The van der Waals surface area contributed by atoms with Crippen molar-refractivity contribution in [3.05, 3.63) is 71.7 Å². The number of hydrogen-bond acceptors (Lipinski definition) is 5. The molecule has 0 aliphatic rings. The maximum Gasteiger partial charge on any atom is 0.240 e. The zero-order valence-corrected chi connectivity index (χ0v) is 19.5. The minimum atomic E-state index is -0.413. The summed E-state index contributed by atoms with van der Waals surface area (Å²) in [5.74, 6) is 0.642. The summed E-state index contributed by atoms with van der Waals surface area (Å²) in [5.41, 5.74) is 1.71. The molecule has 0 N–H and O–H groups in total. The molecular weight excluding hydrogens is 474 g/mol. The highest BCUT2D eigenvalue weighted by Crippen LogP contribution is 2.29. The Hall–Kier alpha value is -2.89. The number of carbonyl (C=O) groups excluding carboxylic acids is 1. The monoisotopic (exact) mass is 495 g/mol. The fourth-order valence-electron chi connectivity index (χ4n) is 3.05. The summed E-state index contributed by atoms with van der Waals surface area (Å²) in [6, 6.07) is 19.4. The van der Waals surface area contributed by atoms with Crippen molar-refractivity contribution in [2.24, 2.45) is 0 Å². The predicted molar refractivity (Wildman–Crippen MR) is 128 cm³/mol. The van der Waals surface area contributed by atoms with E-state index in [-0.39, 0.29) is 12.3 Å². The van der Waals surface area contributed by atoms with Gasteiger partial charge < -0.3 is 4.90 Å². The fourth-order valence-corrected chi connectivity index (χ4v) is 4.23. The van der Waals surface area contributed by atoms with Gasteiger partial charge in [0, 0.05) is 28.8 Å². The Balaban J connectivity index is 1.85. The molecule has 0 radical (unpaired) electrons. The third-order valence-electron chi connectivity index (χ3n) is 4.54. The minimum absolute atomic E-state index is 0.0789. The lowest BCUT2D eigenvalue weighted by molar-refractivity contribution is -0.117. The number of benzene rings is 2. The molecule has 0 saturated carbocycles. The van der Waals surface area contributed by atoms with E-state index in [2.05, 4.69) is 38.8 Å². The quantitative estimate of drug-likeness (QED) is 0.296. The summed E-state index contributed by atoms with van der Waals surface area (Å²) in [6.07, 6.45) is 2.05.